The molecule has 15 heavy (non-hydrogen) atoms. The molecule has 0 aromatic carbocycles. The van der Waals surface area contributed by atoms with Gasteiger partial charge in [0.15, 0.2) is 0 Å². The number of carbonyl (C=O) groups excluding carboxylic acids is 1. The average Bonchev–Trinajstić information content (AvgIpc) is 2.17. The van der Waals surface area contributed by atoms with Crippen LogP contribution >= 0.6 is 0 Å². The smallest absolute Gasteiger partial charge is 0.308 e. The molecule has 0 aromatic heterocycles. The quantitative estimate of drug-likeness (QED) is 0.634. The van der Waals surface area contributed by atoms with E-state index < -0.39 is 6.10 Å². The maximum atomic E-state index is 11.2. The van der Waals surface area contributed by atoms with Crippen LogP contribution in [0.25, 0.3) is 0 Å². The molecule has 0 aliphatic rings. The summed E-state index contributed by atoms with van der Waals surface area (Å²) in [4.78, 5) is 11.2. The number of aliphatic hydroxyl groups excluding tert-OH is 1. The normalized spacial score (nSPS) is 14.7. The minimum absolute atomic E-state index is 0.101. The molecule has 0 rings (SSSR count). The molecule has 90 valence electrons. The van der Waals surface area contributed by atoms with E-state index >= 15 is 0 Å². The van der Waals surface area contributed by atoms with Crippen LogP contribution in [0.15, 0.2) is 0 Å². The van der Waals surface area contributed by atoms with Gasteiger partial charge in [0.25, 0.3) is 0 Å². The summed E-state index contributed by atoms with van der Waals surface area (Å²) < 4.78 is 5.10. The summed E-state index contributed by atoms with van der Waals surface area (Å²) in [6, 6.07) is 0. The molecule has 0 saturated carbocycles. The molecule has 0 fully saturated rings. The van der Waals surface area contributed by atoms with Gasteiger partial charge < -0.3 is 9.84 Å². The Labute approximate surface area is 92.8 Å². The number of carbonyl (C=O) groups is 1. The lowest BCUT2D eigenvalue weighted by Crippen LogP contribution is -2.17. The van der Waals surface area contributed by atoms with Crippen LogP contribution in [0.3, 0.4) is 0 Å². The fraction of sp³-hybridized carbons (Fsp3) is 0.917. The summed E-state index contributed by atoms with van der Waals surface area (Å²) in [6.07, 6.45) is 4.03. The van der Waals surface area contributed by atoms with Crippen molar-refractivity contribution >= 4 is 5.97 Å². The molecule has 0 amide bonds. The molecule has 0 aliphatic carbocycles. The van der Waals surface area contributed by atoms with Crippen molar-refractivity contribution in [3.05, 3.63) is 0 Å². The van der Waals surface area contributed by atoms with E-state index in [0.717, 1.165) is 12.8 Å². The highest BCUT2D eigenvalue weighted by Gasteiger charge is 2.11. The molecule has 1 N–H and O–H groups in total. The molecule has 2 atom stereocenters. The Hall–Kier alpha value is -0.570. The van der Waals surface area contributed by atoms with E-state index in [0.29, 0.717) is 12.5 Å². The van der Waals surface area contributed by atoms with Gasteiger partial charge in [-0.15, -0.1) is 0 Å². The van der Waals surface area contributed by atoms with Gasteiger partial charge in [0.1, 0.15) is 0 Å². The summed E-state index contributed by atoms with van der Waals surface area (Å²) in [7, 11) is 0. The van der Waals surface area contributed by atoms with Crippen LogP contribution in [-0.2, 0) is 9.53 Å². The average molecular weight is 216 g/mol. The Bertz CT molecular complexity index is 166. The molecule has 0 radical (unpaired) electrons. The third-order valence-corrected chi connectivity index (χ3v) is 2.49. The van der Waals surface area contributed by atoms with Gasteiger partial charge in [-0.1, -0.05) is 33.1 Å². The molecule has 0 spiro atoms. The van der Waals surface area contributed by atoms with Crippen molar-refractivity contribution in [2.24, 2.45) is 5.92 Å². The predicted molar refractivity (Wildman–Crippen MR) is 60.6 cm³/mol. The summed E-state index contributed by atoms with van der Waals surface area (Å²) in [5, 5.41) is 8.99. The number of hydrogen-bond donors (Lipinski definition) is 1. The Kier molecular flexibility index (Phi) is 8.38. The van der Waals surface area contributed by atoms with E-state index in [1.165, 1.54) is 12.8 Å². The van der Waals surface area contributed by atoms with Crippen LogP contribution in [0.5, 0.6) is 0 Å². The van der Waals surface area contributed by atoms with Crippen LogP contribution in [-0.4, -0.2) is 23.8 Å². The van der Waals surface area contributed by atoms with Crippen molar-refractivity contribution in [1.29, 1.82) is 0 Å². The predicted octanol–water partition coefficient (Wildman–Crippen LogP) is 2.52. The number of hydrogen-bond acceptors (Lipinski definition) is 3. The van der Waals surface area contributed by atoms with E-state index in [1.807, 2.05) is 0 Å². The Balaban J connectivity index is 3.65. The Morgan fingerprint density at radius 3 is 2.53 bits per heavy atom. The minimum Gasteiger partial charge on any atom is -0.465 e. The lowest BCUT2D eigenvalue weighted by atomic mass is 10.0. The van der Waals surface area contributed by atoms with Crippen LogP contribution in [0, 0.1) is 5.92 Å². The molecule has 0 heterocycles. The number of ether oxygens (including phenoxy) is 1. The molecule has 3 nitrogen and oxygen atoms in total. The molecule has 0 aromatic rings. The topological polar surface area (TPSA) is 46.5 Å². The number of unbranched alkanes of at least 4 members (excludes halogenated alkanes) is 1. The van der Waals surface area contributed by atoms with Gasteiger partial charge in [0.05, 0.1) is 19.1 Å². The summed E-state index contributed by atoms with van der Waals surface area (Å²) in [6.45, 7) is 6.37. The Morgan fingerprint density at radius 2 is 2.07 bits per heavy atom. The van der Waals surface area contributed by atoms with Crippen LogP contribution in [0.1, 0.15) is 52.9 Å². The standard InChI is InChI=1S/C12H24O3/c1-4-6-7-11(5-2)9-15-12(14)8-10(3)13/h10-11,13H,4-9H2,1-3H3. The van der Waals surface area contributed by atoms with E-state index in [2.05, 4.69) is 13.8 Å². The molecule has 3 heteroatoms. The summed E-state index contributed by atoms with van der Waals surface area (Å²) >= 11 is 0. The molecular formula is C12H24O3. The highest BCUT2D eigenvalue weighted by Crippen LogP contribution is 2.13. The van der Waals surface area contributed by atoms with Crippen molar-refractivity contribution in [3.63, 3.8) is 0 Å². The van der Waals surface area contributed by atoms with Gasteiger partial charge in [-0.3, -0.25) is 4.79 Å². The van der Waals surface area contributed by atoms with Crippen LogP contribution < -0.4 is 0 Å². The monoisotopic (exact) mass is 216 g/mol. The van der Waals surface area contributed by atoms with E-state index in [1.54, 1.807) is 6.92 Å². The van der Waals surface area contributed by atoms with E-state index in [9.17, 15) is 4.79 Å². The third kappa shape index (κ3) is 8.43. The summed E-state index contributed by atoms with van der Waals surface area (Å²) in [5.41, 5.74) is 0. The van der Waals surface area contributed by atoms with Gasteiger partial charge >= 0.3 is 5.97 Å². The number of esters is 1. The highest BCUT2D eigenvalue weighted by atomic mass is 16.5. The first-order valence-corrected chi connectivity index (χ1v) is 5.93. The van der Waals surface area contributed by atoms with Crippen molar-refractivity contribution in [1.82, 2.24) is 0 Å². The maximum Gasteiger partial charge on any atom is 0.308 e. The van der Waals surface area contributed by atoms with Crippen LogP contribution in [0.4, 0.5) is 0 Å². The molecule has 0 saturated heterocycles. The second-order valence-electron chi connectivity index (χ2n) is 4.15. The van der Waals surface area contributed by atoms with Crippen molar-refractivity contribution in [3.8, 4) is 0 Å². The lowest BCUT2D eigenvalue weighted by molar-refractivity contribution is -0.147. The third-order valence-electron chi connectivity index (χ3n) is 2.49. The van der Waals surface area contributed by atoms with Crippen LogP contribution in [0.2, 0.25) is 0 Å². The largest absolute Gasteiger partial charge is 0.465 e. The van der Waals surface area contributed by atoms with Gasteiger partial charge in [-0.25, -0.2) is 0 Å². The molecule has 0 aliphatic heterocycles. The molecular weight excluding hydrogens is 192 g/mol. The van der Waals surface area contributed by atoms with Gasteiger partial charge in [0, 0.05) is 0 Å². The molecule has 0 bridgehead atoms. The number of rotatable bonds is 8. The fourth-order valence-electron chi connectivity index (χ4n) is 1.41. The maximum absolute atomic E-state index is 11.2. The lowest BCUT2D eigenvalue weighted by Gasteiger charge is -2.14. The zero-order valence-electron chi connectivity index (χ0n) is 10.2. The van der Waals surface area contributed by atoms with Gasteiger partial charge in [-0.05, 0) is 19.3 Å². The second-order valence-corrected chi connectivity index (χ2v) is 4.15. The zero-order valence-corrected chi connectivity index (χ0v) is 10.2. The first-order chi connectivity index (χ1) is 7.10. The molecule has 2 unspecified atom stereocenters. The second kappa shape index (κ2) is 8.72. The van der Waals surface area contributed by atoms with Crippen molar-refractivity contribution < 1.29 is 14.6 Å². The Morgan fingerprint density at radius 1 is 1.40 bits per heavy atom. The SMILES string of the molecule is CCCCC(CC)COC(=O)CC(C)O. The van der Waals surface area contributed by atoms with Crippen molar-refractivity contribution in [2.75, 3.05) is 6.61 Å². The zero-order chi connectivity index (χ0) is 11.7. The van der Waals surface area contributed by atoms with Crippen molar-refractivity contribution in [2.45, 2.75) is 59.0 Å². The van der Waals surface area contributed by atoms with Gasteiger partial charge in [-0.2, -0.15) is 0 Å². The van der Waals surface area contributed by atoms with Gasteiger partial charge in [0.2, 0.25) is 0 Å². The minimum atomic E-state index is -0.604. The first-order valence-electron chi connectivity index (χ1n) is 5.93. The first kappa shape index (κ1) is 14.4. The van der Waals surface area contributed by atoms with E-state index in [4.69, 9.17) is 9.84 Å². The highest BCUT2D eigenvalue weighted by molar-refractivity contribution is 5.69. The summed E-state index contributed by atoms with van der Waals surface area (Å²) in [5.74, 6) is 0.183. The fourth-order valence-corrected chi connectivity index (χ4v) is 1.41. The number of aliphatic hydroxyl groups is 1. The van der Waals surface area contributed by atoms with E-state index in [-0.39, 0.29) is 12.4 Å².